The number of hydrogen-bond acceptors (Lipinski definition) is 6. The van der Waals surface area contributed by atoms with Gasteiger partial charge in [-0.1, -0.05) is 59.4 Å². The summed E-state index contributed by atoms with van der Waals surface area (Å²) >= 11 is 1.17. The van der Waals surface area contributed by atoms with Crippen LogP contribution in [-0.2, 0) is 13.2 Å². The van der Waals surface area contributed by atoms with E-state index in [4.69, 9.17) is 4.74 Å². The molecule has 1 aromatic heterocycles. The van der Waals surface area contributed by atoms with E-state index in [0.29, 0.717) is 22.8 Å². The minimum atomic E-state index is -0.366. The zero-order valence-corrected chi connectivity index (χ0v) is 18.8. The third-order valence-electron chi connectivity index (χ3n) is 4.75. The smallest absolute Gasteiger partial charge is 0.286 e. The summed E-state index contributed by atoms with van der Waals surface area (Å²) in [5.41, 5.74) is 3.28. The third-order valence-corrected chi connectivity index (χ3v) is 5.64. The molecule has 3 aromatic carbocycles. The molecule has 0 fully saturated rings. The minimum Gasteiger partial charge on any atom is -0.486 e. The van der Waals surface area contributed by atoms with E-state index < -0.39 is 0 Å². The molecule has 7 nitrogen and oxygen atoms in total. The van der Waals surface area contributed by atoms with Gasteiger partial charge in [-0.25, -0.2) is 0 Å². The Morgan fingerprint density at radius 2 is 1.61 bits per heavy atom. The monoisotopic (exact) mass is 458 g/mol. The third kappa shape index (κ3) is 6.24. The summed E-state index contributed by atoms with van der Waals surface area (Å²) in [5, 5.41) is 14.5. The second kappa shape index (κ2) is 10.5. The van der Waals surface area contributed by atoms with Crippen molar-refractivity contribution in [3.05, 3.63) is 106 Å². The molecule has 0 saturated carbocycles. The van der Waals surface area contributed by atoms with Crippen LogP contribution in [0.15, 0.2) is 78.9 Å². The number of rotatable bonds is 8. The van der Waals surface area contributed by atoms with Gasteiger partial charge in [-0.3, -0.25) is 9.59 Å². The summed E-state index contributed by atoms with van der Waals surface area (Å²) in [6, 6.07) is 24.1. The molecule has 4 rings (SSSR count). The predicted octanol–water partition coefficient (Wildman–Crippen LogP) is 4.61. The Kier molecular flexibility index (Phi) is 7.06. The van der Waals surface area contributed by atoms with Gasteiger partial charge in [-0.15, -0.1) is 10.2 Å². The molecule has 0 spiro atoms. The molecule has 0 bridgehead atoms. The van der Waals surface area contributed by atoms with Crippen LogP contribution in [-0.4, -0.2) is 22.0 Å². The summed E-state index contributed by atoms with van der Waals surface area (Å²) in [5.74, 6) is 0.178. The first-order chi connectivity index (χ1) is 16.1. The van der Waals surface area contributed by atoms with E-state index in [1.165, 1.54) is 16.9 Å². The van der Waals surface area contributed by atoms with Crippen molar-refractivity contribution in [3.63, 3.8) is 0 Å². The lowest BCUT2D eigenvalue weighted by atomic mass is 10.1. The first kappa shape index (κ1) is 22.2. The lowest BCUT2D eigenvalue weighted by molar-refractivity contribution is 0.0950. The number of carbonyl (C=O) groups is 2. The van der Waals surface area contributed by atoms with Crippen LogP contribution in [0.1, 0.15) is 36.3 Å². The quantitative estimate of drug-likeness (QED) is 0.402. The topological polar surface area (TPSA) is 93.2 Å². The Morgan fingerprint density at radius 1 is 0.879 bits per heavy atom. The van der Waals surface area contributed by atoms with Gasteiger partial charge in [0.25, 0.3) is 11.8 Å². The van der Waals surface area contributed by atoms with Crippen molar-refractivity contribution >= 4 is 28.8 Å². The van der Waals surface area contributed by atoms with E-state index in [1.807, 2.05) is 61.5 Å². The first-order valence-corrected chi connectivity index (χ1v) is 11.1. The molecule has 4 aromatic rings. The average Bonchev–Trinajstić information content (AvgIpc) is 3.33. The highest BCUT2D eigenvalue weighted by Crippen LogP contribution is 2.17. The molecule has 0 radical (unpaired) electrons. The molecule has 0 aliphatic carbocycles. The molecule has 8 heteroatoms. The first-order valence-electron chi connectivity index (χ1n) is 10.3. The number of amides is 2. The van der Waals surface area contributed by atoms with Gasteiger partial charge in [-0.2, -0.15) is 0 Å². The minimum absolute atomic E-state index is 0.180. The molecule has 0 aliphatic heterocycles. The summed E-state index contributed by atoms with van der Waals surface area (Å²) in [6.07, 6.45) is 0. The molecule has 0 unspecified atom stereocenters. The maximum absolute atomic E-state index is 12.5. The number of aryl methyl sites for hydroxylation is 1. The molecular weight excluding hydrogens is 436 g/mol. The number of para-hydroxylation sites is 1. The van der Waals surface area contributed by atoms with Gasteiger partial charge in [0.05, 0.1) is 0 Å². The van der Waals surface area contributed by atoms with E-state index in [-0.39, 0.29) is 23.4 Å². The lowest BCUT2D eigenvalue weighted by Crippen LogP contribution is -2.22. The van der Waals surface area contributed by atoms with Crippen molar-refractivity contribution < 1.29 is 14.3 Å². The van der Waals surface area contributed by atoms with E-state index in [1.54, 1.807) is 24.3 Å². The zero-order valence-electron chi connectivity index (χ0n) is 17.9. The second-order valence-corrected chi connectivity index (χ2v) is 8.36. The summed E-state index contributed by atoms with van der Waals surface area (Å²) < 4.78 is 5.63. The fraction of sp³-hybridized carbons (Fsp3) is 0.120. The zero-order chi connectivity index (χ0) is 23.0. The molecule has 2 N–H and O–H groups in total. The van der Waals surface area contributed by atoms with Crippen LogP contribution in [0, 0.1) is 6.92 Å². The standard InChI is InChI=1S/C25H22N4O3S/c1-17-7-9-18(10-8-17)15-26-23(30)19-11-13-20(14-12-19)27-24(31)25-29-28-22(33-25)16-32-21-5-3-2-4-6-21/h2-14H,15-16H2,1H3,(H,26,30)(H,27,31). The van der Waals surface area contributed by atoms with Crippen molar-refractivity contribution in [3.8, 4) is 5.75 Å². The van der Waals surface area contributed by atoms with Crippen LogP contribution in [0.2, 0.25) is 0 Å². The number of ether oxygens (including phenoxy) is 1. The van der Waals surface area contributed by atoms with Crippen molar-refractivity contribution in [2.45, 2.75) is 20.1 Å². The van der Waals surface area contributed by atoms with Crippen molar-refractivity contribution in [2.75, 3.05) is 5.32 Å². The lowest BCUT2D eigenvalue weighted by Gasteiger charge is -2.07. The van der Waals surface area contributed by atoms with Crippen molar-refractivity contribution in [1.82, 2.24) is 15.5 Å². The summed E-state index contributed by atoms with van der Waals surface area (Å²) in [6.45, 7) is 2.71. The Balaban J connectivity index is 1.28. The number of benzene rings is 3. The maximum Gasteiger partial charge on any atom is 0.286 e. The van der Waals surface area contributed by atoms with Crippen LogP contribution in [0.25, 0.3) is 0 Å². The van der Waals surface area contributed by atoms with E-state index in [2.05, 4.69) is 20.8 Å². The van der Waals surface area contributed by atoms with Crippen LogP contribution in [0.5, 0.6) is 5.75 Å². The van der Waals surface area contributed by atoms with Gasteiger partial charge in [0.15, 0.2) is 5.01 Å². The number of aromatic nitrogens is 2. The molecule has 33 heavy (non-hydrogen) atoms. The fourth-order valence-electron chi connectivity index (χ4n) is 2.95. The van der Waals surface area contributed by atoms with Gasteiger partial charge in [0.1, 0.15) is 12.4 Å². The number of nitrogens with zero attached hydrogens (tertiary/aromatic N) is 2. The van der Waals surface area contributed by atoms with Gasteiger partial charge in [0, 0.05) is 17.8 Å². The highest BCUT2D eigenvalue weighted by Gasteiger charge is 2.14. The van der Waals surface area contributed by atoms with Gasteiger partial charge >= 0.3 is 0 Å². The van der Waals surface area contributed by atoms with Crippen LogP contribution < -0.4 is 15.4 Å². The Morgan fingerprint density at radius 3 is 2.33 bits per heavy atom. The number of nitrogens with one attached hydrogen (secondary N) is 2. The molecule has 0 atom stereocenters. The Hall–Kier alpha value is -4.04. The van der Waals surface area contributed by atoms with Crippen molar-refractivity contribution in [2.24, 2.45) is 0 Å². The molecular formula is C25H22N4O3S. The van der Waals surface area contributed by atoms with E-state index in [0.717, 1.165) is 11.3 Å². The average molecular weight is 459 g/mol. The number of anilines is 1. The van der Waals surface area contributed by atoms with Gasteiger partial charge in [-0.05, 0) is 48.9 Å². The largest absolute Gasteiger partial charge is 0.486 e. The van der Waals surface area contributed by atoms with Crippen LogP contribution >= 0.6 is 11.3 Å². The predicted molar refractivity (Wildman–Crippen MR) is 127 cm³/mol. The van der Waals surface area contributed by atoms with Crippen LogP contribution in [0.3, 0.4) is 0 Å². The molecule has 166 valence electrons. The van der Waals surface area contributed by atoms with E-state index in [9.17, 15) is 9.59 Å². The Labute approximate surface area is 195 Å². The molecule has 0 aliphatic rings. The maximum atomic E-state index is 12.5. The highest BCUT2D eigenvalue weighted by atomic mass is 32.1. The number of carbonyl (C=O) groups excluding carboxylic acids is 2. The normalized spacial score (nSPS) is 10.5. The fourth-order valence-corrected chi connectivity index (χ4v) is 3.59. The SMILES string of the molecule is Cc1ccc(CNC(=O)c2ccc(NC(=O)c3nnc(COc4ccccc4)s3)cc2)cc1. The van der Waals surface area contributed by atoms with Crippen molar-refractivity contribution in [1.29, 1.82) is 0 Å². The second-order valence-electron chi connectivity index (χ2n) is 7.30. The van der Waals surface area contributed by atoms with E-state index >= 15 is 0 Å². The molecule has 1 heterocycles. The highest BCUT2D eigenvalue weighted by molar-refractivity contribution is 7.13. The van der Waals surface area contributed by atoms with Gasteiger partial charge in [0.2, 0.25) is 5.01 Å². The molecule has 2 amide bonds. The summed E-state index contributed by atoms with van der Waals surface area (Å²) in [4.78, 5) is 24.9. The van der Waals surface area contributed by atoms with Gasteiger partial charge < -0.3 is 15.4 Å². The Bertz CT molecular complexity index is 1220. The molecule has 0 saturated heterocycles. The van der Waals surface area contributed by atoms with Crippen LogP contribution in [0.4, 0.5) is 5.69 Å². The summed E-state index contributed by atoms with van der Waals surface area (Å²) in [7, 11) is 0. The number of hydrogen-bond donors (Lipinski definition) is 2.